The molecule has 8 nitrogen and oxygen atoms in total. The van der Waals surface area contributed by atoms with E-state index in [2.05, 4.69) is 69.4 Å². The fourth-order valence-corrected chi connectivity index (χ4v) is 3.37. The van der Waals surface area contributed by atoms with Crippen molar-refractivity contribution in [3.05, 3.63) is 47.3 Å². The van der Waals surface area contributed by atoms with Crippen LogP contribution in [0.4, 0.5) is 0 Å². The van der Waals surface area contributed by atoms with Crippen molar-refractivity contribution in [2.45, 2.75) is 26.2 Å². The summed E-state index contributed by atoms with van der Waals surface area (Å²) < 4.78 is 11.8. The predicted molar refractivity (Wildman–Crippen MR) is 119 cm³/mol. The third-order valence-electron chi connectivity index (χ3n) is 5.31. The first-order valence-corrected chi connectivity index (χ1v) is 11.0. The van der Waals surface area contributed by atoms with Crippen molar-refractivity contribution in [1.29, 1.82) is 0 Å². The summed E-state index contributed by atoms with van der Waals surface area (Å²) in [6, 6.07) is 8.27. The molecule has 0 fully saturated rings. The van der Waals surface area contributed by atoms with Gasteiger partial charge in [-0.25, -0.2) is 0 Å². The van der Waals surface area contributed by atoms with Gasteiger partial charge in [0.2, 0.25) is 0 Å². The Labute approximate surface area is 180 Å². The van der Waals surface area contributed by atoms with E-state index in [1.807, 2.05) is 0 Å². The summed E-state index contributed by atoms with van der Waals surface area (Å²) >= 11 is 0. The molecule has 1 aliphatic heterocycles. The third-order valence-corrected chi connectivity index (χ3v) is 5.31. The summed E-state index contributed by atoms with van der Waals surface area (Å²) in [4.78, 5) is 4.65. The zero-order valence-electron chi connectivity index (χ0n) is 18.5. The largest absolute Gasteiger partial charge is 0.463 e. The van der Waals surface area contributed by atoms with Crippen LogP contribution >= 0.6 is 0 Å². The highest BCUT2D eigenvalue weighted by molar-refractivity contribution is 5.07. The van der Waals surface area contributed by atoms with E-state index in [1.54, 1.807) is 0 Å². The highest BCUT2D eigenvalue weighted by Gasteiger charge is 2.05. The molecule has 0 saturated heterocycles. The van der Waals surface area contributed by atoms with E-state index in [-0.39, 0.29) is 0 Å². The van der Waals surface area contributed by atoms with E-state index in [4.69, 9.17) is 8.83 Å². The minimum absolute atomic E-state index is 0.767. The van der Waals surface area contributed by atoms with Crippen molar-refractivity contribution >= 4 is 0 Å². The van der Waals surface area contributed by atoms with Crippen LogP contribution in [0.5, 0.6) is 0 Å². The lowest BCUT2D eigenvalue weighted by Crippen LogP contribution is -2.34. The molecule has 0 spiro atoms. The Hall–Kier alpha value is -1.68. The molecule has 0 aromatic carbocycles. The third kappa shape index (κ3) is 8.59. The molecule has 1 aliphatic rings. The first-order valence-electron chi connectivity index (χ1n) is 11.0. The van der Waals surface area contributed by atoms with Gasteiger partial charge in [0.05, 0.1) is 26.2 Å². The Morgan fingerprint density at radius 3 is 1.07 bits per heavy atom. The van der Waals surface area contributed by atoms with Gasteiger partial charge in [-0.2, -0.15) is 0 Å². The predicted octanol–water partition coefficient (Wildman–Crippen LogP) is 0.808. The minimum Gasteiger partial charge on any atom is -0.463 e. The van der Waals surface area contributed by atoms with Crippen molar-refractivity contribution < 1.29 is 8.83 Å². The van der Waals surface area contributed by atoms with Crippen LogP contribution < -0.4 is 21.3 Å². The van der Waals surface area contributed by atoms with E-state index < -0.39 is 0 Å². The molecule has 0 radical (unpaired) electrons. The smallest absolute Gasteiger partial charge is 0.118 e. The van der Waals surface area contributed by atoms with Crippen LogP contribution in [0.25, 0.3) is 0 Å². The monoisotopic (exact) mass is 418 g/mol. The summed E-state index contributed by atoms with van der Waals surface area (Å²) in [5.41, 5.74) is 0. The number of furan rings is 2. The molecule has 0 atom stereocenters. The Morgan fingerprint density at radius 1 is 0.533 bits per heavy atom. The maximum atomic E-state index is 5.91. The number of nitrogens with zero attached hydrogens (tertiary/aromatic N) is 2. The molecule has 3 rings (SSSR count). The van der Waals surface area contributed by atoms with Crippen molar-refractivity contribution in [2.75, 3.05) is 66.5 Å². The molecule has 2 aromatic rings. The average Bonchev–Trinajstić information content (AvgIpc) is 3.38. The molecule has 0 amide bonds. The van der Waals surface area contributed by atoms with E-state index in [0.29, 0.717) is 0 Å². The van der Waals surface area contributed by atoms with E-state index >= 15 is 0 Å². The second-order valence-electron chi connectivity index (χ2n) is 8.05. The SMILES string of the molecule is CN1CCNCc2ccc(o2)CNCCN(C)CCNCc2ccc(o2)CNCC1. The van der Waals surface area contributed by atoms with Crippen LogP contribution in [0.1, 0.15) is 23.0 Å². The summed E-state index contributed by atoms with van der Waals surface area (Å²) in [5, 5.41) is 13.9. The van der Waals surface area contributed by atoms with Gasteiger partial charge in [0.25, 0.3) is 0 Å². The van der Waals surface area contributed by atoms with E-state index in [1.165, 1.54) is 0 Å². The second kappa shape index (κ2) is 12.9. The standard InChI is InChI=1S/C22H38N6O2/c1-27-11-7-23-15-19-3-5-21(29-19)17-25-9-13-28(2)14-10-26-18-22-6-4-20(30-22)16-24-8-12-27/h3-6,23-26H,7-18H2,1-2H3. The van der Waals surface area contributed by atoms with Gasteiger partial charge in [0.1, 0.15) is 23.0 Å². The van der Waals surface area contributed by atoms with Gasteiger partial charge in [0.15, 0.2) is 0 Å². The topological polar surface area (TPSA) is 80.9 Å². The highest BCUT2D eigenvalue weighted by atomic mass is 16.3. The van der Waals surface area contributed by atoms with Gasteiger partial charge in [0, 0.05) is 52.4 Å². The second-order valence-corrected chi connectivity index (χ2v) is 8.05. The summed E-state index contributed by atoms with van der Waals surface area (Å²) in [6.07, 6.45) is 0. The molecule has 4 bridgehead atoms. The van der Waals surface area contributed by atoms with Gasteiger partial charge in [-0.05, 0) is 38.4 Å². The summed E-state index contributed by atoms with van der Waals surface area (Å²) in [7, 11) is 4.30. The van der Waals surface area contributed by atoms with Gasteiger partial charge in [-0.3, -0.25) is 0 Å². The molecule has 30 heavy (non-hydrogen) atoms. The molecule has 4 N–H and O–H groups in total. The molecule has 168 valence electrons. The molecular formula is C22H38N6O2. The highest BCUT2D eigenvalue weighted by Crippen LogP contribution is 2.08. The van der Waals surface area contributed by atoms with Gasteiger partial charge < -0.3 is 39.9 Å². The Morgan fingerprint density at radius 2 is 0.800 bits per heavy atom. The summed E-state index contributed by atoms with van der Waals surface area (Å²) in [5.74, 6) is 3.97. The molecular weight excluding hydrogens is 380 g/mol. The molecule has 0 aliphatic carbocycles. The fraction of sp³-hybridized carbons (Fsp3) is 0.636. The molecule has 2 aromatic heterocycles. The normalized spacial score (nSPS) is 20.6. The maximum absolute atomic E-state index is 5.91. The first-order chi connectivity index (χ1) is 14.7. The lowest BCUT2D eigenvalue weighted by molar-refractivity contribution is 0.316. The Balaban J connectivity index is 1.46. The van der Waals surface area contributed by atoms with Crippen LogP contribution in [-0.4, -0.2) is 76.3 Å². The van der Waals surface area contributed by atoms with E-state index in [0.717, 1.165) is 102 Å². The molecule has 0 saturated carbocycles. The molecule has 0 unspecified atom stereocenters. The molecule has 8 heteroatoms. The Bertz CT molecular complexity index is 603. The van der Waals surface area contributed by atoms with Crippen LogP contribution in [0.3, 0.4) is 0 Å². The van der Waals surface area contributed by atoms with Gasteiger partial charge >= 0.3 is 0 Å². The van der Waals surface area contributed by atoms with Crippen molar-refractivity contribution in [1.82, 2.24) is 31.1 Å². The van der Waals surface area contributed by atoms with Gasteiger partial charge in [-0.1, -0.05) is 0 Å². The number of hydrogen-bond donors (Lipinski definition) is 4. The number of likely N-dealkylation sites (N-methyl/N-ethyl adjacent to an activating group) is 2. The number of fused-ring (bicyclic) bond motifs is 4. The van der Waals surface area contributed by atoms with Crippen LogP contribution in [0.2, 0.25) is 0 Å². The maximum Gasteiger partial charge on any atom is 0.118 e. The zero-order valence-corrected chi connectivity index (χ0v) is 18.5. The van der Waals surface area contributed by atoms with Crippen molar-refractivity contribution in [3.8, 4) is 0 Å². The zero-order chi connectivity index (χ0) is 21.0. The van der Waals surface area contributed by atoms with Gasteiger partial charge in [-0.15, -0.1) is 0 Å². The lowest BCUT2D eigenvalue weighted by Gasteiger charge is -2.17. The van der Waals surface area contributed by atoms with Crippen molar-refractivity contribution in [2.24, 2.45) is 0 Å². The first kappa shape index (κ1) is 23.0. The lowest BCUT2D eigenvalue weighted by atomic mass is 10.4. The average molecular weight is 419 g/mol. The van der Waals surface area contributed by atoms with Crippen LogP contribution in [0, 0.1) is 0 Å². The number of hydrogen-bond acceptors (Lipinski definition) is 8. The van der Waals surface area contributed by atoms with Crippen LogP contribution in [-0.2, 0) is 26.2 Å². The van der Waals surface area contributed by atoms with Crippen molar-refractivity contribution in [3.63, 3.8) is 0 Å². The quantitative estimate of drug-likeness (QED) is 0.501. The fourth-order valence-electron chi connectivity index (χ4n) is 3.37. The number of nitrogens with one attached hydrogen (secondary N) is 4. The minimum atomic E-state index is 0.767. The van der Waals surface area contributed by atoms with E-state index in [9.17, 15) is 0 Å². The Kier molecular flexibility index (Phi) is 9.88. The summed E-state index contributed by atoms with van der Waals surface area (Å²) in [6.45, 7) is 10.8. The number of rotatable bonds is 0. The van der Waals surface area contributed by atoms with Crippen LogP contribution in [0.15, 0.2) is 33.1 Å². The molecule has 3 heterocycles.